The third-order valence-electron chi connectivity index (χ3n) is 3.76. The average molecular weight is 210 g/mol. The molecule has 1 atom stereocenters. The second-order valence-electron chi connectivity index (χ2n) is 5.48. The number of rotatable bonds is 5. The Hall–Kier alpha value is -0.570. The second kappa shape index (κ2) is 4.52. The summed E-state index contributed by atoms with van der Waals surface area (Å²) in [6.07, 6.45) is 5.56. The van der Waals surface area contributed by atoms with Gasteiger partial charge in [-0.05, 0) is 50.1 Å². The molecule has 86 valence electrons. The maximum Gasteiger partial charge on any atom is 0.220 e. The molecule has 1 heterocycles. The predicted molar refractivity (Wildman–Crippen MR) is 60.6 cm³/mol. The first kappa shape index (κ1) is 10.9. The van der Waals surface area contributed by atoms with Gasteiger partial charge in [0.1, 0.15) is 0 Å². The highest BCUT2D eigenvalue weighted by Gasteiger charge is 2.37. The van der Waals surface area contributed by atoms with Crippen LogP contribution in [0.25, 0.3) is 0 Å². The van der Waals surface area contributed by atoms with Crippen molar-refractivity contribution in [1.29, 1.82) is 0 Å². The topological polar surface area (TPSA) is 41.1 Å². The van der Waals surface area contributed by atoms with Gasteiger partial charge in [0.2, 0.25) is 5.91 Å². The molecule has 15 heavy (non-hydrogen) atoms. The summed E-state index contributed by atoms with van der Waals surface area (Å²) in [5, 5.41) is 6.38. The van der Waals surface area contributed by atoms with E-state index in [1.54, 1.807) is 0 Å². The van der Waals surface area contributed by atoms with Gasteiger partial charge in [-0.25, -0.2) is 0 Å². The number of carbonyl (C=O) groups is 1. The molecule has 1 aliphatic heterocycles. The van der Waals surface area contributed by atoms with E-state index < -0.39 is 0 Å². The second-order valence-corrected chi connectivity index (χ2v) is 5.48. The minimum absolute atomic E-state index is 0.245. The Bertz CT molecular complexity index is 230. The van der Waals surface area contributed by atoms with Crippen molar-refractivity contribution in [2.75, 3.05) is 19.6 Å². The molecule has 3 heteroatoms. The Labute approximate surface area is 92.0 Å². The highest BCUT2D eigenvalue weighted by molar-refractivity contribution is 5.75. The molecule has 3 nitrogen and oxygen atoms in total. The highest BCUT2D eigenvalue weighted by atomic mass is 16.1. The molecule has 2 fully saturated rings. The van der Waals surface area contributed by atoms with Crippen LogP contribution in [0.4, 0.5) is 0 Å². The summed E-state index contributed by atoms with van der Waals surface area (Å²) >= 11 is 0. The van der Waals surface area contributed by atoms with E-state index in [0.29, 0.717) is 11.8 Å². The van der Waals surface area contributed by atoms with E-state index in [2.05, 4.69) is 17.6 Å². The molecule has 2 N–H and O–H groups in total. The molecule has 1 amide bonds. The van der Waals surface area contributed by atoms with Crippen molar-refractivity contribution in [3.63, 3.8) is 0 Å². The zero-order valence-electron chi connectivity index (χ0n) is 9.64. The monoisotopic (exact) mass is 210 g/mol. The first-order chi connectivity index (χ1) is 7.18. The number of nitrogens with one attached hydrogen (secondary N) is 2. The van der Waals surface area contributed by atoms with E-state index in [9.17, 15) is 4.79 Å². The van der Waals surface area contributed by atoms with Gasteiger partial charge in [0, 0.05) is 13.0 Å². The van der Waals surface area contributed by atoms with Gasteiger partial charge >= 0.3 is 0 Å². The molecule has 0 radical (unpaired) electrons. The Morgan fingerprint density at radius 3 is 2.93 bits per heavy atom. The van der Waals surface area contributed by atoms with Crippen molar-refractivity contribution in [2.45, 2.75) is 39.0 Å². The first-order valence-electron chi connectivity index (χ1n) is 6.15. The van der Waals surface area contributed by atoms with Crippen LogP contribution in [-0.4, -0.2) is 25.5 Å². The van der Waals surface area contributed by atoms with Crippen LogP contribution >= 0.6 is 0 Å². The minimum Gasteiger partial charge on any atom is -0.356 e. The summed E-state index contributed by atoms with van der Waals surface area (Å²) in [5.41, 5.74) is 0.435. The Morgan fingerprint density at radius 1 is 1.53 bits per heavy atom. The molecule has 0 aromatic carbocycles. The number of hydrogen-bond donors (Lipinski definition) is 2. The standard InChI is InChI=1S/C12H22N2O/c1-12(5-6-12)9-14-11(15)3-2-10-4-7-13-8-10/h10,13H,2-9H2,1H3,(H,14,15). The van der Waals surface area contributed by atoms with Crippen molar-refractivity contribution in [1.82, 2.24) is 10.6 Å². The van der Waals surface area contributed by atoms with Crippen LogP contribution in [-0.2, 0) is 4.79 Å². The van der Waals surface area contributed by atoms with Crippen molar-refractivity contribution in [3.8, 4) is 0 Å². The van der Waals surface area contributed by atoms with E-state index in [-0.39, 0.29) is 5.91 Å². The van der Waals surface area contributed by atoms with Gasteiger partial charge in [-0.1, -0.05) is 6.92 Å². The molecular formula is C12H22N2O. The van der Waals surface area contributed by atoms with Gasteiger partial charge in [0.15, 0.2) is 0 Å². The van der Waals surface area contributed by atoms with Crippen LogP contribution in [0.1, 0.15) is 39.0 Å². The third kappa shape index (κ3) is 3.49. The predicted octanol–water partition coefficient (Wildman–Crippen LogP) is 1.29. The number of carbonyl (C=O) groups excluding carboxylic acids is 1. The van der Waals surface area contributed by atoms with E-state index in [1.165, 1.54) is 19.3 Å². The molecule has 0 bridgehead atoms. The fourth-order valence-corrected chi connectivity index (χ4v) is 2.09. The summed E-state index contributed by atoms with van der Waals surface area (Å²) in [6, 6.07) is 0. The molecule has 1 aliphatic carbocycles. The normalized spacial score (nSPS) is 27.7. The van der Waals surface area contributed by atoms with E-state index >= 15 is 0 Å². The van der Waals surface area contributed by atoms with Gasteiger partial charge in [-0.3, -0.25) is 4.79 Å². The Balaban J connectivity index is 1.55. The van der Waals surface area contributed by atoms with Crippen LogP contribution in [0.15, 0.2) is 0 Å². The smallest absolute Gasteiger partial charge is 0.220 e. The molecule has 0 spiro atoms. The summed E-state index contributed by atoms with van der Waals surface area (Å²) in [5.74, 6) is 0.974. The lowest BCUT2D eigenvalue weighted by molar-refractivity contribution is -0.121. The van der Waals surface area contributed by atoms with Crippen molar-refractivity contribution in [3.05, 3.63) is 0 Å². The van der Waals surface area contributed by atoms with E-state index in [1.807, 2.05) is 0 Å². The maximum atomic E-state index is 11.5. The highest BCUT2D eigenvalue weighted by Crippen LogP contribution is 2.44. The van der Waals surface area contributed by atoms with Crippen molar-refractivity contribution < 1.29 is 4.79 Å². The zero-order valence-corrected chi connectivity index (χ0v) is 9.64. The average Bonchev–Trinajstić information content (AvgIpc) is 2.77. The quantitative estimate of drug-likeness (QED) is 0.718. The van der Waals surface area contributed by atoms with Crippen LogP contribution in [0.3, 0.4) is 0 Å². The molecular weight excluding hydrogens is 188 g/mol. The molecule has 0 aromatic rings. The molecule has 1 saturated carbocycles. The first-order valence-corrected chi connectivity index (χ1v) is 6.15. The Morgan fingerprint density at radius 2 is 2.33 bits per heavy atom. The number of hydrogen-bond acceptors (Lipinski definition) is 2. The van der Waals surface area contributed by atoms with Crippen LogP contribution in [0, 0.1) is 11.3 Å². The molecule has 2 aliphatic rings. The van der Waals surface area contributed by atoms with Crippen LogP contribution in [0.2, 0.25) is 0 Å². The lowest BCUT2D eigenvalue weighted by Crippen LogP contribution is -2.29. The van der Waals surface area contributed by atoms with Gasteiger partial charge in [0.05, 0.1) is 0 Å². The van der Waals surface area contributed by atoms with Crippen molar-refractivity contribution in [2.24, 2.45) is 11.3 Å². The molecule has 1 unspecified atom stereocenters. The summed E-state index contributed by atoms with van der Waals surface area (Å²) in [6.45, 7) is 5.36. The fraction of sp³-hybridized carbons (Fsp3) is 0.917. The maximum absolute atomic E-state index is 11.5. The molecule has 1 saturated heterocycles. The van der Waals surface area contributed by atoms with Crippen LogP contribution < -0.4 is 10.6 Å². The van der Waals surface area contributed by atoms with Gasteiger partial charge in [-0.15, -0.1) is 0 Å². The van der Waals surface area contributed by atoms with Crippen LogP contribution in [0.5, 0.6) is 0 Å². The third-order valence-corrected chi connectivity index (χ3v) is 3.76. The lowest BCUT2D eigenvalue weighted by atomic mass is 10.0. The Kier molecular flexibility index (Phi) is 3.29. The summed E-state index contributed by atoms with van der Waals surface area (Å²) in [7, 11) is 0. The van der Waals surface area contributed by atoms with Crippen molar-refractivity contribution >= 4 is 5.91 Å². The SMILES string of the molecule is CC1(CNC(=O)CCC2CCNC2)CC1. The number of amides is 1. The van der Waals surface area contributed by atoms with E-state index in [0.717, 1.165) is 32.0 Å². The zero-order chi connectivity index (χ0) is 10.7. The lowest BCUT2D eigenvalue weighted by Gasteiger charge is -2.11. The largest absolute Gasteiger partial charge is 0.356 e. The summed E-state index contributed by atoms with van der Waals surface area (Å²) < 4.78 is 0. The van der Waals surface area contributed by atoms with Gasteiger partial charge in [-0.2, -0.15) is 0 Å². The summed E-state index contributed by atoms with van der Waals surface area (Å²) in [4.78, 5) is 11.5. The van der Waals surface area contributed by atoms with E-state index in [4.69, 9.17) is 0 Å². The van der Waals surface area contributed by atoms with Gasteiger partial charge < -0.3 is 10.6 Å². The minimum atomic E-state index is 0.245. The molecule has 2 rings (SSSR count). The molecule has 0 aromatic heterocycles. The fourth-order valence-electron chi connectivity index (χ4n) is 2.09. The van der Waals surface area contributed by atoms with Gasteiger partial charge in [0.25, 0.3) is 0 Å².